The standard InChI is InChI=1S/C20H23N3O2S/c1-4-25-17-8-6-16(7-9-17)22-19(24)11-12-26-20-15(13-21)5-10-18(23-20)14(2)3/h5-10,14H,4,11-12H2,1-3H3,(H,22,24). The van der Waals surface area contributed by atoms with Gasteiger partial charge in [0.1, 0.15) is 16.8 Å². The van der Waals surface area contributed by atoms with Gasteiger partial charge in [-0.25, -0.2) is 4.98 Å². The number of nitriles is 1. The zero-order valence-electron chi connectivity index (χ0n) is 15.3. The molecule has 1 amide bonds. The summed E-state index contributed by atoms with van der Waals surface area (Å²) in [6.45, 7) is 6.66. The molecule has 0 fully saturated rings. The molecule has 1 N–H and O–H groups in total. The monoisotopic (exact) mass is 369 g/mol. The van der Waals surface area contributed by atoms with Crippen molar-refractivity contribution in [1.82, 2.24) is 4.98 Å². The Balaban J connectivity index is 1.88. The number of carbonyl (C=O) groups is 1. The molecule has 26 heavy (non-hydrogen) atoms. The first-order valence-corrected chi connectivity index (χ1v) is 9.58. The fourth-order valence-electron chi connectivity index (χ4n) is 2.24. The van der Waals surface area contributed by atoms with Crippen LogP contribution in [0.5, 0.6) is 5.75 Å². The first-order valence-electron chi connectivity index (χ1n) is 8.60. The minimum Gasteiger partial charge on any atom is -0.494 e. The number of benzene rings is 1. The van der Waals surface area contributed by atoms with E-state index in [1.807, 2.05) is 37.3 Å². The van der Waals surface area contributed by atoms with Crippen molar-refractivity contribution in [3.8, 4) is 11.8 Å². The molecule has 0 atom stereocenters. The third kappa shape index (κ3) is 5.78. The number of carbonyl (C=O) groups excluding carboxylic acids is 1. The van der Waals surface area contributed by atoms with Crippen LogP contribution in [0, 0.1) is 11.3 Å². The van der Waals surface area contributed by atoms with Crippen molar-refractivity contribution in [3.05, 3.63) is 47.7 Å². The predicted octanol–water partition coefficient (Wildman–Crippen LogP) is 4.60. The Kier molecular flexibility index (Phi) is 7.49. The number of nitrogens with one attached hydrogen (secondary N) is 1. The van der Waals surface area contributed by atoms with Gasteiger partial charge in [-0.05, 0) is 49.2 Å². The normalized spacial score (nSPS) is 10.4. The van der Waals surface area contributed by atoms with Crippen LogP contribution in [0.25, 0.3) is 0 Å². The van der Waals surface area contributed by atoms with E-state index in [-0.39, 0.29) is 5.91 Å². The second-order valence-electron chi connectivity index (χ2n) is 5.96. The summed E-state index contributed by atoms with van der Waals surface area (Å²) in [5, 5.41) is 12.8. The van der Waals surface area contributed by atoms with E-state index in [0.29, 0.717) is 35.3 Å². The van der Waals surface area contributed by atoms with Gasteiger partial charge in [0, 0.05) is 23.6 Å². The van der Waals surface area contributed by atoms with E-state index in [1.54, 1.807) is 6.07 Å². The lowest BCUT2D eigenvalue weighted by Gasteiger charge is -2.09. The molecule has 0 saturated carbocycles. The molecular weight excluding hydrogens is 346 g/mol. The minimum atomic E-state index is -0.0693. The third-order valence-electron chi connectivity index (χ3n) is 3.61. The van der Waals surface area contributed by atoms with Gasteiger partial charge < -0.3 is 10.1 Å². The van der Waals surface area contributed by atoms with Gasteiger partial charge in [0.15, 0.2) is 0 Å². The first-order chi connectivity index (χ1) is 12.5. The summed E-state index contributed by atoms with van der Waals surface area (Å²) >= 11 is 1.44. The van der Waals surface area contributed by atoms with Gasteiger partial charge in [0.2, 0.25) is 5.91 Å². The molecule has 0 aliphatic rings. The largest absolute Gasteiger partial charge is 0.494 e. The van der Waals surface area contributed by atoms with Crippen molar-refractivity contribution < 1.29 is 9.53 Å². The number of pyridine rings is 1. The molecule has 2 aromatic rings. The SMILES string of the molecule is CCOc1ccc(NC(=O)CCSc2nc(C(C)C)ccc2C#N)cc1. The highest BCUT2D eigenvalue weighted by atomic mass is 32.2. The second kappa shape index (κ2) is 9.83. The van der Waals surface area contributed by atoms with Gasteiger partial charge in [-0.15, -0.1) is 11.8 Å². The van der Waals surface area contributed by atoms with Crippen molar-refractivity contribution in [2.45, 2.75) is 38.1 Å². The molecule has 0 aliphatic heterocycles. The second-order valence-corrected chi connectivity index (χ2v) is 7.04. The zero-order chi connectivity index (χ0) is 18.9. The Labute approximate surface area is 158 Å². The molecule has 6 heteroatoms. The maximum atomic E-state index is 12.1. The maximum Gasteiger partial charge on any atom is 0.225 e. The van der Waals surface area contributed by atoms with E-state index in [1.165, 1.54) is 11.8 Å². The average Bonchev–Trinajstić information content (AvgIpc) is 2.63. The smallest absolute Gasteiger partial charge is 0.225 e. The Bertz CT molecular complexity index is 783. The number of hydrogen-bond acceptors (Lipinski definition) is 5. The highest BCUT2D eigenvalue weighted by Gasteiger charge is 2.10. The number of aromatic nitrogens is 1. The van der Waals surface area contributed by atoms with Crippen molar-refractivity contribution in [2.24, 2.45) is 0 Å². The summed E-state index contributed by atoms with van der Waals surface area (Å²) in [4.78, 5) is 16.6. The Hall–Kier alpha value is -2.52. The Morgan fingerprint density at radius 2 is 2.00 bits per heavy atom. The molecule has 0 saturated heterocycles. The number of hydrogen-bond donors (Lipinski definition) is 1. The molecule has 0 bridgehead atoms. The van der Waals surface area contributed by atoms with E-state index >= 15 is 0 Å². The lowest BCUT2D eigenvalue weighted by atomic mass is 10.1. The number of amides is 1. The maximum absolute atomic E-state index is 12.1. The average molecular weight is 369 g/mol. The van der Waals surface area contributed by atoms with Crippen molar-refractivity contribution in [1.29, 1.82) is 5.26 Å². The Morgan fingerprint density at radius 3 is 2.62 bits per heavy atom. The van der Waals surface area contributed by atoms with Crippen molar-refractivity contribution in [3.63, 3.8) is 0 Å². The number of rotatable bonds is 8. The summed E-state index contributed by atoms with van der Waals surface area (Å²) in [5.41, 5.74) is 2.23. The quantitative estimate of drug-likeness (QED) is 0.689. The first kappa shape index (κ1) is 19.8. The Morgan fingerprint density at radius 1 is 1.27 bits per heavy atom. The molecule has 0 spiro atoms. The van der Waals surface area contributed by atoms with Crippen LogP contribution in [0.3, 0.4) is 0 Å². The van der Waals surface area contributed by atoms with Gasteiger partial charge in [0.25, 0.3) is 0 Å². The van der Waals surface area contributed by atoms with Gasteiger partial charge in [-0.1, -0.05) is 13.8 Å². The van der Waals surface area contributed by atoms with E-state index in [4.69, 9.17) is 4.74 Å². The summed E-state index contributed by atoms with van der Waals surface area (Å²) < 4.78 is 5.38. The highest BCUT2D eigenvalue weighted by molar-refractivity contribution is 7.99. The van der Waals surface area contributed by atoms with Crippen LogP contribution in [0.4, 0.5) is 5.69 Å². The van der Waals surface area contributed by atoms with Crippen LogP contribution in [-0.4, -0.2) is 23.3 Å². The molecule has 0 aliphatic carbocycles. The van der Waals surface area contributed by atoms with E-state index in [0.717, 1.165) is 17.1 Å². The van der Waals surface area contributed by atoms with Gasteiger partial charge in [-0.3, -0.25) is 4.79 Å². The number of nitrogens with zero attached hydrogens (tertiary/aromatic N) is 2. The van der Waals surface area contributed by atoms with E-state index in [9.17, 15) is 10.1 Å². The van der Waals surface area contributed by atoms with Crippen LogP contribution in [0.2, 0.25) is 0 Å². The summed E-state index contributed by atoms with van der Waals surface area (Å²) in [6.07, 6.45) is 0.344. The molecule has 5 nitrogen and oxygen atoms in total. The number of anilines is 1. The van der Waals surface area contributed by atoms with E-state index < -0.39 is 0 Å². The van der Waals surface area contributed by atoms with Crippen LogP contribution in [0.15, 0.2) is 41.4 Å². The fraction of sp³-hybridized carbons (Fsp3) is 0.350. The zero-order valence-corrected chi connectivity index (χ0v) is 16.1. The molecule has 1 heterocycles. The highest BCUT2D eigenvalue weighted by Crippen LogP contribution is 2.24. The fourth-order valence-corrected chi connectivity index (χ4v) is 3.16. The molecule has 136 valence electrons. The molecule has 1 aromatic carbocycles. The van der Waals surface area contributed by atoms with Crippen LogP contribution in [0.1, 0.15) is 44.4 Å². The van der Waals surface area contributed by atoms with E-state index in [2.05, 4.69) is 30.2 Å². The summed E-state index contributed by atoms with van der Waals surface area (Å²) in [5.74, 6) is 1.57. The summed E-state index contributed by atoms with van der Waals surface area (Å²) in [7, 11) is 0. The summed E-state index contributed by atoms with van der Waals surface area (Å²) in [6, 6.07) is 13.1. The van der Waals surface area contributed by atoms with Crippen LogP contribution >= 0.6 is 11.8 Å². The van der Waals surface area contributed by atoms with Gasteiger partial charge >= 0.3 is 0 Å². The number of thioether (sulfide) groups is 1. The molecule has 1 aromatic heterocycles. The molecule has 0 radical (unpaired) electrons. The predicted molar refractivity (Wildman–Crippen MR) is 105 cm³/mol. The topological polar surface area (TPSA) is 75.0 Å². The van der Waals surface area contributed by atoms with Gasteiger partial charge in [-0.2, -0.15) is 5.26 Å². The third-order valence-corrected chi connectivity index (χ3v) is 4.60. The lowest BCUT2D eigenvalue weighted by molar-refractivity contribution is -0.115. The van der Waals surface area contributed by atoms with Crippen LogP contribution in [-0.2, 0) is 4.79 Å². The minimum absolute atomic E-state index is 0.0693. The molecule has 2 rings (SSSR count). The van der Waals surface area contributed by atoms with Crippen LogP contribution < -0.4 is 10.1 Å². The van der Waals surface area contributed by atoms with Gasteiger partial charge in [0.05, 0.1) is 12.2 Å². The molecule has 0 unspecified atom stereocenters. The molecular formula is C20H23N3O2S. The lowest BCUT2D eigenvalue weighted by Crippen LogP contribution is -2.12. The van der Waals surface area contributed by atoms with Crippen molar-refractivity contribution >= 4 is 23.4 Å². The van der Waals surface area contributed by atoms with Crippen molar-refractivity contribution in [2.75, 3.05) is 17.7 Å². The number of ether oxygens (including phenoxy) is 1.